The van der Waals surface area contributed by atoms with Gasteiger partial charge in [0.25, 0.3) is 5.91 Å². The van der Waals surface area contributed by atoms with Crippen LogP contribution in [0.1, 0.15) is 27.1 Å². The molecule has 6 heteroatoms. The number of rotatable bonds is 2. The number of carbonyl (C=O) groups excluding carboxylic acids is 1. The minimum atomic E-state index is -1.22. The van der Waals surface area contributed by atoms with Crippen molar-refractivity contribution >= 4 is 11.9 Å². The van der Waals surface area contributed by atoms with Gasteiger partial charge in [0, 0.05) is 19.7 Å². The van der Waals surface area contributed by atoms with Gasteiger partial charge in [0.05, 0.1) is 17.7 Å². The first-order valence-corrected chi connectivity index (χ1v) is 5.99. The van der Waals surface area contributed by atoms with Gasteiger partial charge in [-0.2, -0.15) is 0 Å². The maximum atomic E-state index is 13.8. The first-order valence-electron chi connectivity index (χ1n) is 5.99. The summed E-state index contributed by atoms with van der Waals surface area (Å²) in [5, 5.41) is 8.75. The molecule has 0 radical (unpaired) electrons. The number of aromatic carboxylic acids is 1. The highest BCUT2D eigenvalue weighted by Crippen LogP contribution is 2.14. The van der Waals surface area contributed by atoms with Crippen LogP contribution in [0.2, 0.25) is 0 Å². The number of halogens is 1. The van der Waals surface area contributed by atoms with E-state index in [2.05, 4.69) is 0 Å². The summed E-state index contributed by atoms with van der Waals surface area (Å²) >= 11 is 0. The molecule has 0 aromatic heterocycles. The molecule has 0 bridgehead atoms. The third-order valence-corrected chi connectivity index (χ3v) is 2.96. The quantitative estimate of drug-likeness (QED) is 0.879. The molecule has 1 aliphatic rings. The molecule has 1 aromatic rings. The molecule has 1 fully saturated rings. The maximum Gasteiger partial charge on any atom is 0.335 e. The van der Waals surface area contributed by atoms with Crippen molar-refractivity contribution in [3.05, 3.63) is 35.1 Å². The predicted molar refractivity (Wildman–Crippen MR) is 64.7 cm³/mol. The Morgan fingerprint density at radius 2 is 2.05 bits per heavy atom. The zero-order chi connectivity index (χ0) is 13.8. The van der Waals surface area contributed by atoms with E-state index < -0.39 is 17.7 Å². The Morgan fingerprint density at radius 1 is 1.26 bits per heavy atom. The van der Waals surface area contributed by atoms with E-state index in [4.69, 9.17) is 9.84 Å². The van der Waals surface area contributed by atoms with Crippen LogP contribution in [0.25, 0.3) is 0 Å². The highest BCUT2D eigenvalue weighted by Gasteiger charge is 2.21. The molecule has 0 aliphatic carbocycles. The second kappa shape index (κ2) is 5.79. The van der Waals surface area contributed by atoms with Crippen molar-refractivity contribution in [2.75, 3.05) is 26.3 Å². The zero-order valence-corrected chi connectivity index (χ0v) is 10.3. The van der Waals surface area contributed by atoms with Crippen molar-refractivity contribution < 1.29 is 23.8 Å². The van der Waals surface area contributed by atoms with Gasteiger partial charge in [-0.3, -0.25) is 4.79 Å². The van der Waals surface area contributed by atoms with Crippen LogP contribution in [0.4, 0.5) is 4.39 Å². The van der Waals surface area contributed by atoms with Crippen LogP contribution in [0.3, 0.4) is 0 Å². The molecule has 0 saturated carbocycles. The van der Waals surface area contributed by atoms with E-state index in [0.717, 1.165) is 6.07 Å². The lowest BCUT2D eigenvalue weighted by Gasteiger charge is -2.19. The fraction of sp³-hybridized carbons (Fsp3) is 0.385. The molecule has 0 spiro atoms. The van der Waals surface area contributed by atoms with Crippen LogP contribution >= 0.6 is 0 Å². The highest BCUT2D eigenvalue weighted by molar-refractivity contribution is 5.96. The van der Waals surface area contributed by atoms with Gasteiger partial charge in [0.2, 0.25) is 0 Å². The number of carbonyl (C=O) groups is 2. The second-order valence-electron chi connectivity index (χ2n) is 4.26. The van der Waals surface area contributed by atoms with Crippen molar-refractivity contribution in [2.24, 2.45) is 0 Å². The second-order valence-corrected chi connectivity index (χ2v) is 4.26. The Balaban J connectivity index is 2.20. The monoisotopic (exact) mass is 267 g/mol. The third-order valence-electron chi connectivity index (χ3n) is 2.96. The third kappa shape index (κ3) is 3.08. The fourth-order valence-electron chi connectivity index (χ4n) is 1.94. The van der Waals surface area contributed by atoms with Gasteiger partial charge >= 0.3 is 5.97 Å². The topological polar surface area (TPSA) is 66.8 Å². The summed E-state index contributed by atoms with van der Waals surface area (Å²) in [5.74, 6) is -2.46. The van der Waals surface area contributed by atoms with Crippen LogP contribution in [-0.2, 0) is 4.74 Å². The van der Waals surface area contributed by atoms with E-state index in [1.807, 2.05) is 0 Å². The normalized spacial score (nSPS) is 15.9. The summed E-state index contributed by atoms with van der Waals surface area (Å²) in [4.78, 5) is 24.4. The Labute approximate surface area is 109 Å². The van der Waals surface area contributed by atoms with Gasteiger partial charge in [-0.25, -0.2) is 9.18 Å². The molecule has 1 saturated heterocycles. The fourth-order valence-corrected chi connectivity index (χ4v) is 1.94. The Bertz CT molecular complexity index is 495. The summed E-state index contributed by atoms with van der Waals surface area (Å²) in [6.07, 6.45) is 0.709. The van der Waals surface area contributed by atoms with Crippen LogP contribution in [0, 0.1) is 5.82 Å². The van der Waals surface area contributed by atoms with E-state index in [1.54, 1.807) is 0 Å². The first-order chi connectivity index (χ1) is 9.09. The number of hydrogen-bond donors (Lipinski definition) is 1. The SMILES string of the molecule is O=C(O)c1ccc(C(=O)N2CCCOCC2)c(F)c1. The van der Waals surface area contributed by atoms with E-state index in [-0.39, 0.29) is 11.1 Å². The molecule has 19 heavy (non-hydrogen) atoms. The van der Waals surface area contributed by atoms with Gasteiger partial charge in [-0.05, 0) is 24.6 Å². The van der Waals surface area contributed by atoms with Crippen molar-refractivity contribution in [1.82, 2.24) is 4.90 Å². The minimum Gasteiger partial charge on any atom is -0.478 e. The van der Waals surface area contributed by atoms with Gasteiger partial charge < -0.3 is 14.7 Å². The number of ether oxygens (including phenoxy) is 1. The average Bonchev–Trinajstić information content (AvgIpc) is 2.66. The highest BCUT2D eigenvalue weighted by atomic mass is 19.1. The zero-order valence-electron chi connectivity index (χ0n) is 10.3. The Kier molecular flexibility index (Phi) is 4.11. The summed E-state index contributed by atoms with van der Waals surface area (Å²) in [5.41, 5.74) is -0.278. The lowest BCUT2D eigenvalue weighted by Crippen LogP contribution is -2.33. The molecule has 0 unspecified atom stereocenters. The Morgan fingerprint density at radius 3 is 2.74 bits per heavy atom. The molecule has 2 rings (SSSR count). The van der Waals surface area contributed by atoms with Gasteiger partial charge in [0.1, 0.15) is 5.82 Å². The first kappa shape index (κ1) is 13.5. The lowest BCUT2D eigenvalue weighted by atomic mass is 10.1. The standard InChI is InChI=1S/C13H14FNO4/c14-11-8-9(13(17)18)2-3-10(11)12(16)15-4-1-6-19-7-5-15/h2-3,8H,1,4-7H2,(H,17,18). The van der Waals surface area contributed by atoms with E-state index in [9.17, 15) is 14.0 Å². The van der Waals surface area contributed by atoms with Gasteiger partial charge in [-0.1, -0.05) is 0 Å². The minimum absolute atomic E-state index is 0.105. The smallest absolute Gasteiger partial charge is 0.335 e. The lowest BCUT2D eigenvalue weighted by molar-refractivity contribution is 0.0691. The molecule has 0 atom stereocenters. The van der Waals surface area contributed by atoms with Gasteiger partial charge in [-0.15, -0.1) is 0 Å². The van der Waals surface area contributed by atoms with Crippen LogP contribution in [0.5, 0.6) is 0 Å². The van der Waals surface area contributed by atoms with Crippen molar-refractivity contribution in [3.8, 4) is 0 Å². The maximum absolute atomic E-state index is 13.8. The molecule has 1 aliphatic heterocycles. The number of hydrogen-bond acceptors (Lipinski definition) is 3. The molecule has 1 amide bonds. The van der Waals surface area contributed by atoms with Crippen molar-refractivity contribution in [3.63, 3.8) is 0 Å². The van der Waals surface area contributed by atoms with Crippen molar-refractivity contribution in [1.29, 1.82) is 0 Å². The number of amides is 1. The predicted octanol–water partition coefficient (Wildman–Crippen LogP) is 1.39. The average molecular weight is 267 g/mol. The summed E-state index contributed by atoms with van der Waals surface area (Å²) < 4.78 is 19.0. The molecule has 1 aromatic carbocycles. The molecular formula is C13H14FNO4. The van der Waals surface area contributed by atoms with E-state index >= 15 is 0 Å². The molecule has 5 nitrogen and oxygen atoms in total. The molecule has 1 heterocycles. The molecule has 1 N–H and O–H groups in total. The summed E-state index contributed by atoms with van der Waals surface area (Å²) in [6, 6.07) is 3.31. The molecular weight excluding hydrogens is 253 g/mol. The number of carboxylic acids is 1. The number of carboxylic acid groups (broad SMARTS) is 1. The van der Waals surface area contributed by atoms with Crippen molar-refractivity contribution in [2.45, 2.75) is 6.42 Å². The molecule has 102 valence electrons. The number of benzene rings is 1. The Hall–Kier alpha value is -1.95. The van der Waals surface area contributed by atoms with Crippen LogP contribution < -0.4 is 0 Å². The van der Waals surface area contributed by atoms with E-state index in [0.29, 0.717) is 32.7 Å². The largest absolute Gasteiger partial charge is 0.478 e. The number of nitrogens with zero attached hydrogens (tertiary/aromatic N) is 1. The summed E-state index contributed by atoms with van der Waals surface area (Å²) in [6.45, 7) is 1.95. The van der Waals surface area contributed by atoms with Gasteiger partial charge in [0.15, 0.2) is 0 Å². The van der Waals surface area contributed by atoms with Crippen LogP contribution in [-0.4, -0.2) is 48.2 Å². The summed E-state index contributed by atoms with van der Waals surface area (Å²) in [7, 11) is 0. The van der Waals surface area contributed by atoms with Crippen LogP contribution in [0.15, 0.2) is 18.2 Å². The van der Waals surface area contributed by atoms with E-state index in [1.165, 1.54) is 17.0 Å².